The highest BCUT2D eigenvalue weighted by Crippen LogP contribution is 2.22. The second-order valence-electron chi connectivity index (χ2n) is 5.48. The normalized spacial score (nSPS) is 12.1. The molecule has 0 aliphatic heterocycles. The van der Waals surface area contributed by atoms with Crippen LogP contribution in [-0.2, 0) is 22.3 Å². The van der Waals surface area contributed by atoms with Crippen molar-refractivity contribution in [3.63, 3.8) is 0 Å². The summed E-state index contributed by atoms with van der Waals surface area (Å²) in [5, 5.41) is 21.7. The lowest BCUT2D eigenvalue weighted by molar-refractivity contribution is -0.123. The number of benzene rings is 1. The molecule has 1 aromatic carbocycles. The minimum absolute atomic E-state index is 0.0638. The molecule has 0 spiro atoms. The fourth-order valence-electron chi connectivity index (χ4n) is 2.57. The van der Waals surface area contributed by atoms with Gasteiger partial charge in [0, 0.05) is 29.3 Å². The van der Waals surface area contributed by atoms with Crippen molar-refractivity contribution in [2.45, 2.75) is 19.1 Å². The smallest absolute Gasteiger partial charge is 0.464 e. The number of furan rings is 1. The summed E-state index contributed by atoms with van der Waals surface area (Å²) >= 11 is 0. The second-order valence-corrected chi connectivity index (χ2v) is 5.48. The highest BCUT2D eigenvalue weighted by atomic mass is 16.6. The lowest BCUT2D eigenvalue weighted by Gasteiger charge is -2.19. The average Bonchev–Trinajstić information content (AvgIpc) is 2.98. The molecule has 2 aromatic heterocycles. The summed E-state index contributed by atoms with van der Waals surface area (Å²) in [7, 11) is -2.00. The number of hydrogen-bond acceptors (Lipinski definition) is 6. The Bertz CT molecular complexity index is 837. The van der Waals surface area contributed by atoms with E-state index in [1.54, 1.807) is 30.7 Å². The largest absolute Gasteiger partial charge is 0.635 e. The molecule has 25 heavy (non-hydrogen) atoms. The Labute approximate surface area is 144 Å². The van der Waals surface area contributed by atoms with Crippen molar-refractivity contribution in [3.05, 3.63) is 66.2 Å². The Balaban J connectivity index is 1.70. The van der Waals surface area contributed by atoms with E-state index in [1.165, 1.54) is 0 Å². The van der Waals surface area contributed by atoms with E-state index in [2.05, 4.69) is 10.3 Å². The SMILES string of the molecule is O=C(Cc1ccccn1)NC(Cc1coc2ccccc12)OB(O)O. The number of carbonyl (C=O) groups is 1. The molecule has 0 saturated heterocycles. The number of carbonyl (C=O) groups excluding carboxylic acids is 1. The number of fused-ring (bicyclic) bond motifs is 1. The number of pyridine rings is 1. The standard InChI is InChI=1S/C17H17BN2O5/c21-16(10-13-5-3-4-8-19-13)20-17(25-18(22)23)9-12-11-24-15-7-2-1-6-14(12)15/h1-8,11,17,22-23H,9-10H2,(H,20,21). The van der Waals surface area contributed by atoms with E-state index in [0.29, 0.717) is 11.3 Å². The molecule has 2 heterocycles. The second kappa shape index (κ2) is 7.93. The van der Waals surface area contributed by atoms with Gasteiger partial charge in [-0.25, -0.2) is 0 Å². The van der Waals surface area contributed by atoms with Gasteiger partial charge in [0.1, 0.15) is 11.8 Å². The first-order chi connectivity index (χ1) is 12.1. The molecule has 1 unspecified atom stereocenters. The first-order valence-electron chi connectivity index (χ1n) is 7.78. The van der Waals surface area contributed by atoms with Crippen LogP contribution in [-0.4, -0.2) is 34.5 Å². The predicted molar refractivity (Wildman–Crippen MR) is 91.1 cm³/mol. The van der Waals surface area contributed by atoms with Gasteiger partial charge in [-0.3, -0.25) is 9.78 Å². The highest BCUT2D eigenvalue weighted by molar-refractivity contribution is 6.32. The highest BCUT2D eigenvalue weighted by Gasteiger charge is 2.22. The van der Waals surface area contributed by atoms with Gasteiger partial charge in [-0.1, -0.05) is 24.3 Å². The minimum Gasteiger partial charge on any atom is -0.464 e. The van der Waals surface area contributed by atoms with E-state index < -0.39 is 13.5 Å². The maximum absolute atomic E-state index is 12.2. The fraction of sp³-hybridized carbons (Fsp3) is 0.176. The van der Waals surface area contributed by atoms with Gasteiger partial charge in [0.2, 0.25) is 5.91 Å². The Morgan fingerprint density at radius 3 is 2.80 bits per heavy atom. The van der Waals surface area contributed by atoms with Crippen LogP contribution in [0.3, 0.4) is 0 Å². The van der Waals surface area contributed by atoms with Crippen molar-refractivity contribution in [2.75, 3.05) is 0 Å². The van der Waals surface area contributed by atoms with Crippen molar-refractivity contribution in [2.24, 2.45) is 0 Å². The van der Waals surface area contributed by atoms with E-state index >= 15 is 0 Å². The van der Waals surface area contributed by atoms with E-state index in [1.807, 2.05) is 24.3 Å². The Hall–Kier alpha value is -2.68. The van der Waals surface area contributed by atoms with Crippen LogP contribution < -0.4 is 5.32 Å². The zero-order valence-electron chi connectivity index (χ0n) is 13.3. The minimum atomic E-state index is -2.00. The van der Waals surface area contributed by atoms with Gasteiger partial charge in [-0.2, -0.15) is 0 Å². The maximum Gasteiger partial charge on any atom is 0.635 e. The number of nitrogens with one attached hydrogen (secondary N) is 1. The van der Waals surface area contributed by atoms with Gasteiger partial charge in [-0.05, 0) is 18.2 Å². The van der Waals surface area contributed by atoms with Gasteiger partial charge in [0.05, 0.1) is 12.7 Å². The number of amides is 1. The molecule has 3 rings (SSSR count). The van der Waals surface area contributed by atoms with Gasteiger partial charge in [0.25, 0.3) is 0 Å². The van der Waals surface area contributed by atoms with Crippen molar-refractivity contribution in [1.29, 1.82) is 0 Å². The summed E-state index contributed by atoms with van der Waals surface area (Å²) in [4.78, 5) is 16.3. The summed E-state index contributed by atoms with van der Waals surface area (Å²) in [5.41, 5.74) is 2.11. The van der Waals surface area contributed by atoms with Crippen LogP contribution in [0, 0.1) is 0 Å². The molecule has 1 amide bonds. The van der Waals surface area contributed by atoms with Crippen LogP contribution in [0.5, 0.6) is 0 Å². The van der Waals surface area contributed by atoms with Crippen LogP contribution in [0.2, 0.25) is 0 Å². The number of rotatable bonds is 7. The van der Waals surface area contributed by atoms with Crippen LogP contribution in [0.1, 0.15) is 11.3 Å². The molecule has 0 fully saturated rings. The van der Waals surface area contributed by atoms with Gasteiger partial charge in [0.15, 0.2) is 0 Å². The maximum atomic E-state index is 12.2. The molecular weight excluding hydrogens is 323 g/mol. The van der Waals surface area contributed by atoms with Crippen molar-refractivity contribution >= 4 is 24.2 Å². The average molecular weight is 340 g/mol. The van der Waals surface area contributed by atoms with Crippen molar-refractivity contribution in [3.8, 4) is 0 Å². The number of hydrogen-bond donors (Lipinski definition) is 3. The van der Waals surface area contributed by atoms with Crippen LogP contribution in [0.15, 0.2) is 59.3 Å². The molecule has 7 nitrogen and oxygen atoms in total. The Morgan fingerprint density at radius 1 is 1.24 bits per heavy atom. The van der Waals surface area contributed by atoms with E-state index in [-0.39, 0.29) is 18.7 Å². The van der Waals surface area contributed by atoms with Crippen LogP contribution in [0.4, 0.5) is 0 Å². The molecule has 128 valence electrons. The third-order valence-electron chi connectivity index (χ3n) is 3.64. The third kappa shape index (κ3) is 4.66. The predicted octanol–water partition coefficient (Wildman–Crippen LogP) is 1.04. The van der Waals surface area contributed by atoms with E-state index in [0.717, 1.165) is 10.9 Å². The molecule has 0 saturated carbocycles. The first-order valence-corrected chi connectivity index (χ1v) is 7.78. The van der Waals surface area contributed by atoms with Crippen molar-refractivity contribution in [1.82, 2.24) is 10.3 Å². The lowest BCUT2D eigenvalue weighted by Crippen LogP contribution is -2.43. The molecule has 0 bridgehead atoms. The van der Waals surface area contributed by atoms with E-state index in [9.17, 15) is 4.79 Å². The monoisotopic (exact) mass is 340 g/mol. The molecule has 3 N–H and O–H groups in total. The van der Waals surface area contributed by atoms with Crippen molar-refractivity contribution < 1.29 is 23.9 Å². The summed E-state index contributed by atoms with van der Waals surface area (Å²) in [5.74, 6) is -0.336. The number of aromatic nitrogens is 1. The summed E-state index contributed by atoms with van der Waals surface area (Å²) in [6.45, 7) is 0. The van der Waals surface area contributed by atoms with E-state index in [4.69, 9.17) is 19.1 Å². The lowest BCUT2D eigenvalue weighted by atomic mass is 10.1. The molecule has 0 radical (unpaired) electrons. The quantitative estimate of drug-likeness (QED) is 0.439. The zero-order chi connectivity index (χ0) is 17.6. The Morgan fingerprint density at radius 2 is 2.04 bits per heavy atom. The zero-order valence-corrected chi connectivity index (χ0v) is 13.3. The molecule has 3 aromatic rings. The van der Waals surface area contributed by atoms with Gasteiger partial charge < -0.3 is 24.4 Å². The topological polar surface area (TPSA) is 105 Å². The molecule has 0 aliphatic rings. The Kier molecular flexibility index (Phi) is 5.44. The number of nitrogens with zero attached hydrogens (tertiary/aromatic N) is 1. The number of para-hydroxylation sites is 1. The summed E-state index contributed by atoms with van der Waals surface area (Å²) in [6.07, 6.45) is 2.54. The fourth-order valence-corrected chi connectivity index (χ4v) is 2.57. The molecule has 1 atom stereocenters. The third-order valence-corrected chi connectivity index (χ3v) is 3.64. The van der Waals surface area contributed by atoms with Gasteiger partial charge in [-0.15, -0.1) is 0 Å². The first kappa shape index (κ1) is 17.2. The summed E-state index contributed by atoms with van der Waals surface area (Å²) in [6, 6.07) is 12.7. The summed E-state index contributed by atoms with van der Waals surface area (Å²) < 4.78 is 10.5. The molecular formula is C17H17BN2O5. The molecule has 8 heteroatoms. The molecule has 0 aliphatic carbocycles. The van der Waals surface area contributed by atoms with Gasteiger partial charge >= 0.3 is 7.32 Å². The van der Waals surface area contributed by atoms with Crippen LogP contribution in [0.25, 0.3) is 11.0 Å². The van der Waals surface area contributed by atoms with Crippen LogP contribution >= 0.6 is 0 Å².